The second kappa shape index (κ2) is 8.11. The molecule has 5 nitrogen and oxygen atoms in total. The fourth-order valence-corrected chi connectivity index (χ4v) is 4.51. The van der Waals surface area contributed by atoms with Crippen molar-refractivity contribution in [3.8, 4) is 11.1 Å². The summed E-state index contributed by atoms with van der Waals surface area (Å²) in [6.45, 7) is 1.55. The number of amides is 1. The molecule has 4 aromatic rings. The maximum absolute atomic E-state index is 12.9. The molecule has 4 heterocycles. The van der Waals surface area contributed by atoms with Crippen LogP contribution in [-0.4, -0.2) is 38.8 Å². The van der Waals surface area contributed by atoms with Gasteiger partial charge < -0.3 is 9.88 Å². The number of likely N-dealkylation sites (tertiary alicyclic amines) is 1. The number of nitrogens with one attached hydrogen (secondary N) is 1. The zero-order valence-corrected chi connectivity index (χ0v) is 16.8. The maximum atomic E-state index is 12.9. The average Bonchev–Trinajstić information content (AvgIpc) is 3.20. The fourth-order valence-electron chi connectivity index (χ4n) is 4.51. The first-order valence-electron chi connectivity index (χ1n) is 10.5. The van der Waals surface area contributed by atoms with Crippen LogP contribution in [0.2, 0.25) is 0 Å². The molecule has 5 rings (SSSR count). The van der Waals surface area contributed by atoms with Gasteiger partial charge in [0.1, 0.15) is 0 Å². The highest BCUT2D eigenvalue weighted by Gasteiger charge is 2.28. The average molecular weight is 396 g/mol. The Labute approximate surface area is 175 Å². The van der Waals surface area contributed by atoms with Gasteiger partial charge in [-0.05, 0) is 48.7 Å². The van der Waals surface area contributed by atoms with E-state index in [1.165, 1.54) is 16.6 Å². The molecule has 1 amide bonds. The van der Waals surface area contributed by atoms with E-state index in [9.17, 15) is 4.79 Å². The SMILES string of the molecule is O=C(Cc1ccccn1)N1CCC[C@H](c2[nH]c3ccccc3c2-c2ccncc2)C1. The second-order valence-electron chi connectivity index (χ2n) is 7.87. The minimum atomic E-state index is 0.153. The summed E-state index contributed by atoms with van der Waals surface area (Å²) >= 11 is 0. The Bertz CT molecular complexity index is 1150. The first-order chi connectivity index (χ1) is 14.8. The standard InChI is InChI=1S/C25H24N4O/c30-23(16-20-7-3-4-12-27-20)29-15-5-6-19(17-29)25-24(18-10-13-26-14-11-18)21-8-1-2-9-22(21)28-25/h1-4,7-14,19,28H,5-6,15-17H2/t19-/m0/s1. The Hall–Kier alpha value is -3.47. The van der Waals surface area contributed by atoms with Crippen molar-refractivity contribution in [2.75, 3.05) is 13.1 Å². The molecule has 1 N–H and O–H groups in total. The number of hydrogen-bond donors (Lipinski definition) is 1. The molecule has 0 spiro atoms. The molecular formula is C25H24N4O. The van der Waals surface area contributed by atoms with Crippen molar-refractivity contribution in [2.24, 2.45) is 0 Å². The second-order valence-corrected chi connectivity index (χ2v) is 7.87. The minimum Gasteiger partial charge on any atom is -0.358 e. The molecular weight excluding hydrogens is 372 g/mol. The van der Waals surface area contributed by atoms with Gasteiger partial charge >= 0.3 is 0 Å². The molecule has 1 aromatic carbocycles. The third-order valence-electron chi connectivity index (χ3n) is 5.94. The minimum absolute atomic E-state index is 0.153. The van der Waals surface area contributed by atoms with Crippen molar-refractivity contribution in [1.29, 1.82) is 0 Å². The smallest absolute Gasteiger partial charge is 0.228 e. The van der Waals surface area contributed by atoms with Gasteiger partial charge in [0.25, 0.3) is 0 Å². The molecule has 0 radical (unpaired) electrons. The predicted molar refractivity (Wildman–Crippen MR) is 118 cm³/mol. The Morgan fingerprint density at radius 2 is 1.87 bits per heavy atom. The number of aromatic nitrogens is 3. The fraction of sp³-hybridized carbons (Fsp3) is 0.240. The highest BCUT2D eigenvalue weighted by atomic mass is 16.2. The zero-order valence-electron chi connectivity index (χ0n) is 16.8. The molecule has 0 saturated carbocycles. The number of pyridine rings is 2. The lowest BCUT2D eigenvalue weighted by Gasteiger charge is -2.33. The zero-order chi connectivity index (χ0) is 20.3. The largest absolute Gasteiger partial charge is 0.358 e. The van der Waals surface area contributed by atoms with Crippen LogP contribution in [0, 0.1) is 0 Å². The van der Waals surface area contributed by atoms with Gasteiger partial charge in [-0.1, -0.05) is 24.3 Å². The van der Waals surface area contributed by atoms with Gasteiger partial charge in [0.15, 0.2) is 0 Å². The van der Waals surface area contributed by atoms with Crippen LogP contribution in [0.1, 0.15) is 30.1 Å². The molecule has 30 heavy (non-hydrogen) atoms. The van der Waals surface area contributed by atoms with Gasteiger partial charge in [-0.15, -0.1) is 0 Å². The lowest BCUT2D eigenvalue weighted by atomic mass is 9.89. The first kappa shape index (κ1) is 18.6. The summed E-state index contributed by atoms with van der Waals surface area (Å²) in [5.74, 6) is 0.432. The monoisotopic (exact) mass is 396 g/mol. The van der Waals surface area contributed by atoms with Gasteiger partial charge in [0.2, 0.25) is 5.91 Å². The summed E-state index contributed by atoms with van der Waals surface area (Å²) in [4.78, 5) is 27.1. The molecule has 5 heteroatoms. The topological polar surface area (TPSA) is 61.9 Å². The summed E-state index contributed by atoms with van der Waals surface area (Å²) in [5.41, 5.74) is 5.58. The highest BCUT2D eigenvalue weighted by Crippen LogP contribution is 2.39. The third kappa shape index (κ3) is 3.59. The number of benzene rings is 1. The number of rotatable bonds is 4. The van der Waals surface area contributed by atoms with Crippen LogP contribution in [0.4, 0.5) is 0 Å². The van der Waals surface area contributed by atoms with E-state index in [1.807, 2.05) is 35.5 Å². The molecule has 0 aliphatic carbocycles. The van der Waals surface area contributed by atoms with Crippen LogP contribution < -0.4 is 0 Å². The van der Waals surface area contributed by atoms with Crippen LogP contribution in [0.3, 0.4) is 0 Å². The number of nitrogens with zero attached hydrogens (tertiary/aromatic N) is 3. The predicted octanol–water partition coefficient (Wildman–Crippen LogP) is 4.57. The normalized spacial score (nSPS) is 16.7. The van der Waals surface area contributed by atoms with E-state index in [2.05, 4.69) is 51.4 Å². The van der Waals surface area contributed by atoms with Crippen LogP contribution in [0.15, 0.2) is 73.2 Å². The van der Waals surface area contributed by atoms with Crippen LogP contribution in [-0.2, 0) is 11.2 Å². The number of aromatic amines is 1. The Morgan fingerprint density at radius 1 is 1.03 bits per heavy atom. The molecule has 1 saturated heterocycles. The lowest BCUT2D eigenvalue weighted by Crippen LogP contribution is -2.40. The van der Waals surface area contributed by atoms with Gasteiger partial charge in [0.05, 0.1) is 6.42 Å². The quantitative estimate of drug-likeness (QED) is 0.549. The van der Waals surface area contributed by atoms with Crippen molar-refractivity contribution in [3.63, 3.8) is 0 Å². The summed E-state index contributed by atoms with van der Waals surface area (Å²) in [7, 11) is 0. The van der Waals surface area contributed by atoms with Crippen LogP contribution in [0.5, 0.6) is 0 Å². The summed E-state index contributed by atoms with van der Waals surface area (Å²) < 4.78 is 0. The highest BCUT2D eigenvalue weighted by molar-refractivity contribution is 5.97. The molecule has 1 atom stereocenters. The summed E-state index contributed by atoms with van der Waals surface area (Å²) in [6, 6.07) is 18.3. The van der Waals surface area contributed by atoms with E-state index in [1.54, 1.807) is 6.20 Å². The molecule has 0 unspecified atom stereocenters. The number of para-hydroxylation sites is 1. The van der Waals surface area contributed by atoms with Gasteiger partial charge in [-0.25, -0.2) is 0 Å². The van der Waals surface area contributed by atoms with E-state index < -0.39 is 0 Å². The molecule has 1 fully saturated rings. The van der Waals surface area contributed by atoms with Crippen LogP contribution in [0.25, 0.3) is 22.0 Å². The molecule has 0 bridgehead atoms. The lowest BCUT2D eigenvalue weighted by molar-refractivity contribution is -0.131. The van der Waals surface area contributed by atoms with E-state index in [0.29, 0.717) is 6.42 Å². The Kier molecular flexibility index (Phi) is 5.01. The molecule has 1 aliphatic rings. The van der Waals surface area contributed by atoms with Gasteiger partial charge in [-0.2, -0.15) is 0 Å². The molecule has 150 valence electrons. The van der Waals surface area contributed by atoms with Crippen molar-refractivity contribution >= 4 is 16.8 Å². The van der Waals surface area contributed by atoms with Crippen molar-refractivity contribution in [2.45, 2.75) is 25.2 Å². The van der Waals surface area contributed by atoms with Crippen LogP contribution >= 0.6 is 0 Å². The van der Waals surface area contributed by atoms with E-state index in [0.717, 1.165) is 42.7 Å². The van der Waals surface area contributed by atoms with E-state index in [4.69, 9.17) is 0 Å². The number of carbonyl (C=O) groups excluding carboxylic acids is 1. The maximum Gasteiger partial charge on any atom is 0.228 e. The third-order valence-corrected chi connectivity index (χ3v) is 5.94. The molecule has 1 aliphatic heterocycles. The van der Waals surface area contributed by atoms with Gasteiger partial charge in [0, 0.05) is 65.5 Å². The van der Waals surface area contributed by atoms with Gasteiger partial charge in [-0.3, -0.25) is 14.8 Å². The Morgan fingerprint density at radius 3 is 2.70 bits per heavy atom. The van der Waals surface area contributed by atoms with Crippen molar-refractivity contribution < 1.29 is 4.79 Å². The number of H-pyrrole nitrogens is 1. The first-order valence-corrected chi connectivity index (χ1v) is 10.5. The van der Waals surface area contributed by atoms with E-state index in [-0.39, 0.29) is 11.8 Å². The number of fused-ring (bicyclic) bond motifs is 1. The number of carbonyl (C=O) groups is 1. The number of hydrogen-bond acceptors (Lipinski definition) is 3. The molecule has 3 aromatic heterocycles. The summed E-state index contributed by atoms with van der Waals surface area (Å²) in [6.07, 6.45) is 7.85. The van der Waals surface area contributed by atoms with Crippen molar-refractivity contribution in [3.05, 3.63) is 84.6 Å². The summed E-state index contributed by atoms with van der Waals surface area (Å²) in [5, 5.41) is 1.22. The van der Waals surface area contributed by atoms with E-state index >= 15 is 0 Å². The van der Waals surface area contributed by atoms with Crippen molar-refractivity contribution in [1.82, 2.24) is 19.9 Å². The number of piperidine rings is 1. The Balaban J connectivity index is 1.46.